The number of amides is 1. The van der Waals surface area contributed by atoms with Gasteiger partial charge in [-0.2, -0.15) is 0 Å². The van der Waals surface area contributed by atoms with Gasteiger partial charge in [-0.15, -0.1) is 0 Å². The fourth-order valence-electron chi connectivity index (χ4n) is 2.74. The number of carbonyl (C=O) groups is 2. The van der Waals surface area contributed by atoms with E-state index in [0.29, 0.717) is 13.0 Å². The number of carbonyl (C=O) groups excluding carboxylic acids is 1. The van der Waals surface area contributed by atoms with E-state index in [1.54, 1.807) is 18.1 Å². The quantitative estimate of drug-likeness (QED) is 0.883. The van der Waals surface area contributed by atoms with E-state index in [1.807, 2.05) is 32.0 Å². The molecule has 1 aliphatic carbocycles. The van der Waals surface area contributed by atoms with E-state index < -0.39 is 23.2 Å². The lowest BCUT2D eigenvalue weighted by Gasteiger charge is -2.17. The smallest absolute Gasteiger partial charge is 0.307 e. The zero-order valence-electron chi connectivity index (χ0n) is 12.0. The van der Waals surface area contributed by atoms with Crippen LogP contribution in [0.15, 0.2) is 24.4 Å². The van der Waals surface area contributed by atoms with Gasteiger partial charge in [0, 0.05) is 31.9 Å². The van der Waals surface area contributed by atoms with E-state index in [2.05, 4.69) is 4.98 Å². The van der Waals surface area contributed by atoms with E-state index in [1.165, 1.54) is 0 Å². The Labute approximate surface area is 118 Å². The minimum atomic E-state index is -0.883. The van der Waals surface area contributed by atoms with Crippen molar-refractivity contribution in [1.82, 2.24) is 9.88 Å². The van der Waals surface area contributed by atoms with Gasteiger partial charge >= 0.3 is 5.97 Å². The van der Waals surface area contributed by atoms with Gasteiger partial charge in [0.1, 0.15) is 0 Å². The number of likely N-dealkylation sites (N-methyl/N-ethyl adjacent to an activating group) is 1. The fraction of sp³-hybridized carbons (Fsp3) is 0.533. The van der Waals surface area contributed by atoms with Crippen molar-refractivity contribution in [2.75, 3.05) is 13.6 Å². The summed E-state index contributed by atoms with van der Waals surface area (Å²) in [6, 6.07) is 5.68. The van der Waals surface area contributed by atoms with E-state index >= 15 is 0 Å². The lowest BCUT2D eigenvalue weighted by molar-refractivity contribution is -0.141. The van der Waals surface area contributed by atoms with Crippen LogP contribution in [-0.2, 0) is 16.0 Å². The lowest BCUT2D eigenvalue weighted by Crippen LogP contribution is -2.32. The Bertz CT molecular complexity index is 513. The molecule has 1 aromatic heterocycles. The molecule has 1 amide bonds. The van der Waals surface area contributed by atoms with E-state index in [4.69, 9.17) is 5.11 Å². The summed E-state index contributed by atoms with van der Waals surface area (Å²) in [5, 5.41) is 9.12. The minimum absolute atomic E-state index is 0.0849. The molecule has 0 spiro atoms. The van der Waals surface area contributed by atoms with Crippen LogP contribution in [0, 0.1) is 17.3 Å². The number of pyridine rings is 1. The van der Waals surface area contributed by atoms with Gasteiger partial charge in [-0.3, -0.25) is 14.6 Å². The van der Waals surface area contributed by atoms with Gasteiger partial charge < -0.3 is 10.0 Å². The van der Waals surface area contributed by atoms with Crippen molar-refractivity contribution in [3.8, 4) is 0 Å². The molecule has 0 saturated heterocycles. The summed E-state index contributed by atoms with van der Waals surface area (Å²) in [5.41, 5.74) is 0.485. The second-order valence-electron chi connectivity index (χ2n) is 5.95. The van der Waals surface area contributed by atoms with Crippen LogP contribution >= 0.6 is 0 Å². The molecule has 1 saturated carbocycles. The maximum atomic E-state index is 12.3. The molecular formula is C15H20N2O3. The summed E-state index contributed by atoms with van der Waals surface area (Å²) >= 11 is 0. The molecule has 1 aliphatic rings. The molecule has 5 nitrogen and oxygen atoms in total. The number of nitrogens with zero attached hydrogens (tertiary/aromatic N) is 2. The summed E-state index contributed by atoms with van der Waals surface area (Å²) in [5.74, 6) is -1.94. The summed E-state index contributed by atoms with van der Waals surface area (Å²) in [6.07, 6.45) is 2.40. The number of aromatic nitrogens is 1. The molecule has 0 aromatic carbocycles. The SMILES string of the molecule is CN(CCc1ccccn1)C(=O)[C@@H]1[C@H](C(=O)O)C1(C)C. The highest BCUT2D eigenvalue weighted by atomic mass is 16.4. The third kappa shape index (κ3) is 2.66. The highest BCUT2D eigenvalue weighted by Crippen LogP contribution is 2.58. The van der Waals surface area contributed by atoms with Crippen LogP contribution in [0.5, 0.6) is 0 Å². The van der Waals surface area contributed by atoms with Gasteiger partial charge in [-0.1, -0.05) is 19.9 Å². The maximum Gasteiger partial charge on any atom is 0.307 e. The Hall–Kier alpha value is -1.91. The molecule has 1 fully saturated rings. The number of rotatable bonds is 5. The zero-order valence-corrected chi connectivity index (χ0v) is 12.0. The van der Waals surface area contributed by atoms with E-state index in [9.17, 15) is 9.59 Å². The summed E-state index contributed by atoms with van der Waals surface area (Å²) in [4.78, 5) is 29.2. The number of hydrogen-bond donors (Lipinski definition) is 1. The maximum absolute atomic E-state index is 12.3. The van der Waals surface area contributed by atoms with Crippen molar-refractivity contribution in [3.63, 3.8) is 0 Å². The fourth-order valence-corrected chi connectivity index (χ4v) is 2.74. The van der Waals surface area contributed by atoms with Crippen molar-refractivity contribution >= 4 is 11.9 Å². The Balaban J connectivity index is 1.92. The number of carboxylic acid groups (broad SMARTS) is 1. The van der Waals surface area contributed by atoms with Crippen molar-refractivity contribution < 1.29 is 14.7 Å². The Morgan fingerprint density at radius 3 is 2.55 bits per heavy atom. The van der Waals surface area contributed by atoms with Crippen LogP contribution in [0.2, 0.25) is 0 Å². The Kier molecular flexibility index (Phi) is 3.79. The lowest BCUT2D eigenvalue weighted by atomic mass is 10.1. The summed E-state index contributed by atoms with van der Waals surface area (Å²) < 4.78 is 0. The molecule has 20 heavy (non-hydrogen) atoms. The molecule has 1 aromatic rings. The molecule has 2 atom stereocenters. The van der Waals surface area contributed by atoms with Crippen LogP contribution in [0.25, 0.3) is 0 Å². The molecular weight excluding hydrogens is 256 g/mol. The van der Waals surface area contributed by atoms with Gasteiger partial charge in [-0.05, 0) is 17.5 Å². The standard InChI is InChI=1S/C15H20N2O3/c1-15(2)11(12(15)14(19)20)13(18)17(3)9-7-10-6-4-5-8-16-10/h4-6,8,11-12H,7,9H2,1-3H3,(H,19,20)/t11-,12+/m0/s1. The molecule has 0 bridgehead atoms. The summed E-state index contributed by atoms with van der Waals surface area (Å²) in [7, 11) is 1.72. The first-order valence-corrected chi connectivity index (χ1v) is 6.73. The topological polar surface area (TPSA) is 70.5 Å². The second-order valence-corrected chi connectivity index (χ2v) is 5.95. The van der Waals surface area contributed by atoms with Crippen molar-refractivity contribution in [3.05, 3.63) is 30.1 Å². The number of carboxylic acids is 1. The van der Waals surface area contributed by atoms with Crippen molar-refractivity contribution in [1.29, 1.82) is 0 Å². The number of aliphatic carboxylic acids is 1. The molecule has 0 radical (unpaired) electrons. The molecule has 108 valence electrons. The van der Waals surface area contributed by atoms with Crippen molar-refractivity contribution in [2.45, 2.75) is 20.3 Å². The Morgan fingerprint density at radius 1 is 1.35 bits per heavy atom. The molecule has 2 rings (SSSR count). The molecule has 1 N–H and O–H groups in total. The summed E-state index contributed by atoms with van der Waals surface area (Å²) in [6.45, 7) is 4.22. The predicted octanol–water partition coefficient (Wildman–Crippen LogP) is 1.44. The zero-order chi connectivity index (χ0) is 14.9. The first-order valence-electron chi connectivity index (χ1n) is 6.73. The van der Waals surface area contributed by atoms with Crippen LogP contribution in [-0.4, -0.2) is 40.5 Å². The first kappa shape index (κ1) is 14.5. The van der Waals surface area contributed by atoms with Crippen LogP contribution < -0.4 is 0 Å². The van der Waals surface area contributed by atoms with Crippen LogP contribution in [0.3, 0.4) is 0 Å². The molecule has 1 heterocycles. The largest absolute Gasteiger partial charge is 0.481 e. The molecule has 0 unspecified atom stereocenters. The van der Waals surface area contributed by atoms with E-state index in [0.717, 1.165) is 5.69 Å². The third-order valence-electron chi connectivity index (χ3n) is 4.17. The average Bonchev–Trinajstić information content (AvgIpc) is 2.99. The second kappa shape index (κ2) is 5.23. The van der Waals surface area contributed by atoms with Gasteiger partial charge in [0.15, 0.2) is 0 Å². The van der Waals surface area contributed by atoms with Crippen LogP contribution in [0.1, 0.15) is 19.5 Å². The van der Waals surface area contributed by atoms with Crippen LogP contribution in [0.4, 0.5) is 0 Å². The minimum Gasteiger partial charge on any atom is -0.481 e. The highest BCUT2D eigenvalue weighted by Gasteiger charge is 2.66. The predicted molar refractivity (Wildman–Crippen MR) is 74.0 cm³/mol. The van der Waals surface area contributed by atoms with Gasteiger partial charge in [0.25, 0.3) is 0 Å². The van der Waals surface area contributed by atoms with Gasteiger partial charge in [0.2, 0.25) is 5.91 Å². The Morgan fingerprint density at radius 2 is 2.05 bits per heavy atom. The highest BCUT2D eigenvalue weighted by molar-refractivity contribution is 5.91. The number of hydrogen-bond acceptors (Lipinski definition) is 3. The molecule has 5 heteroatoms. The van der Waals surface area contributed by atoms with E-state index in [-0.39, 0.29) is 5.91 Å². The third-order valence-corrected chi connectivity index (χ3v) is 4.17. The van der Waals surface area contributed by atoms with Crippen molar-refractivity contribution in [2.24, 2.45) is 17.3 Å². The normalized spacial score (nSPS) is 23.1. The molecule has 0 aliphatic heterocycles. The van der Waals surface area contributed by atoms with Gasteiger partial charge in [-0.25, -0.2) is 0 Å². The van der Waals surface area contributed by atoms with Gasteiger partial charge in [0.05, 0.1) is 11.8 Å². The first-order chi connectivity index (χ1) is 9.35. The average molecular weight is 276 g/mol. The monoisotopic (exact) mass is 276 g/mol.